The first-order valence-corrected chi connectivity index (χ1v) is 9.26. The molecule has 2 aromatic carbocycles. The zero-order valence-corrected chi connectivity index (χ0v) is 16.9. The molecule has 6 nitrogen and oxygen atoms in total. The highest BCUT2D eigenvalue weighted by atomic mass is 32.1. The lowest BCUT2D eigenvalue weighted by Crippen LogP contribution is -2.16. The summed E-state index contributed by atoms with van der Waals surface area (Å²) in [5.41, 5.74) is 2.41. The first kappa shape index (κ1) is 19.5. The number of aromatic nitrogens is 1. The number of methoxy groups -OCH3 is 3. The van der Waals surface area contributed by atoms with Crippen molar-refractivity contribution in [3.8, 4) is 29.6 Å². The van der Waals surface area contributed by atoms with Gasteiger partial charge in [0.05, 0.1) is 38.1 Å². The van der Waals surface area contributed by atoms with Crippen molar-refractivity contribution in [2.24, 2.45) is 4.99 Å². The fourth-order valence-electron chi connectivity index (χ4n) is 2.87. The van der Waals surface area contributed by atoms with Gasteiger partial charge in [0.1, 0.15) is 0 Å². The number of aryl methyl sites for hydroxylation is 1. The van der Waals surface area contributed by atoms with Gasteiger partial charge in [0.25, 0.3) is 5.91 Å². The van der Waals surface area contributed by atoms with Gasteiger partial charge in [0, 0.05) is 5.56 Å². The Hall–Kier alpha value is -3.24. The topological polar surface area (TPSA) is 62.1 Å². The van der Waals surface area contributed by atoms with Gasteiger partial charge in [-0.25, -0.2) is 0 Å². The molecule has 0 spiro atoms. The van der Waals surface area contributed by atoms with Gasteiger partial charge in [-0.2, -0.15) is 4.99 Å². The van der Waals surface area contributed by atoms with Gasteiger partial charge < -0.3 is 18.8 Å². The van der Waals surface area contributed by atoms with Crippen molar-refractivity contribution >= 4 is 27.5 Å². The first-order chi connectivity index (χ1) is 13.5. The number of hydrogen-bond acceptors (Lipinski definition) is 5. The average molecular weight is 396 g/mol. The highest BCUT2D eigenvalue weighted by Crippen LogP contribution is 2.38. The maximum absolute atomic E-state index is 12.9. The van der Waals surface area contributed by atoms with Gasteiger partial charge in [0.2, 0.25) is 5.75 Å². The predicted molar refractivity (Wildman–Crippen MR) is 109 cm³/mol. The van der Waals surface area contributed by atoms with Crippen molar-refractivity contribution in [3.63, 3.8) is 0 Å². The number of carbonyl (C=O) groups is 1. The van der Waals surface area contributed by atoms with E-state index in [1.165, 1.54) is 32.7 Å². The second-order valence-electron chi connectivity index (χ2n) is 5.98. The van der Waals surface area contributed by atoms with E-state index in [2.05, 4.69) is 17.0 Å². The van der Waals surface area contributed by atoms with Crippen molar-refractivity contribution in [1.29, 1.82) is 0 Å². The maximum Gasteiger partial charge on any atom is 0.279 e. The van der Waals surface area contributed by atoms with Crippen LogP contribution in [0.2, 0.25) is 0 Å². The fourth-order valence-corrected chi connectivity index (χ4v) is 3.99. The van der Waals surface area contributed by atoms with Crippen LogP contribution in [-0.4, -0.2) is 31.8 Å². The van der Waals surface area contributed by atoms with Gasteiger partial charge in [-0.15, -0.1) is 6.42 Å². The van der Waals surface area contributed by atoms with E-state index in [-0.39, 0.29) is 0 Å². The lowest BCUT2D eigenvalue weighted by Gasteiger charge is -2.12. The van der Waals surface area contributed by atoms with Crippen LogP contribution in [0, 0.1) is 19.3 Å². The Bertz CT molecular complexity index is 1130. The molecule has 1 aromatic heterocycles. The second-order valence-corrected chi connectivity index (χ2v) is 6.99. The molecule has 0 saturated heterocycles. The lowest BCUT2D eigenvalue weighted by atomic mass is 10.1. The molecule has 0 fully saturated rings. The van der Waals surface area contributed by atoms with Gasteiger partial charge in [-0.1, -0.05) is 23.3 Å². The number of nitrogens with zero attached hydrogens (tertiary/aromatic N) is 2. The van der Waals surface area contributed by atoms with Crippen LogP contribution in [0.5, 0.6) is 17.2 Å². The summed E-state index contributed by atoms with van der Waals surface area (Å²) in [6, 6.07) is 9.20. The van der Waals surface area contributed by atoms with Crippen LogP contribution < -0.4 is 19.0 Å². The summed E-state index contributed by atoms with van der Waals surface area (Å²) >= 11 is 1.42. The van der Waals surface area contributed by atoms with Crippen LogP contribution in [-0.2, 0) is 6.54 Å². The summed E-state index contributed by atoms with van der Waals surface area (Å²) in [6.07, 6.45) is 5.52. The smallest absolute Gasteiger partial charge is 0.279 e. The molecule has 0 unspecified atom stereocenters. The quantitative estimate of drug-likeness (QED) is 0.620. The highest BCUT2D eigenvalue weighted by Gasteiger charge is 2.17. The Morgan fingerprint density at radius 2 is 1.82 bits per heavy atom. The molecule has 1 amide bonds. The first-order valence-electron chi connectivity index (χ1n) is 8.45. The molecule has 0 aliphatic carbocycles. The zero-order chi connectivity index (χ0) is 20.3. The highest BCUT2D eigenvalue weighted by molar-refractivity contribution is 7.16. The van der Waals surface area contributed by atoms with E-state index in [1.807, 2.05) is 23.6 Å². The molecule has 3 aromatic rings. The number of amides is 1. The molecule has 7 heteroatoms. The summed E-state index contributed by atoms with van der Waals surface area (Å²) in [7, 11) is 4.50. The summed E-state index contributed by atoms with van der Waals surface area (Å²) < 4.78 is 18.8. The molecule has 0 N–H and O–H groups in total. The Balaban J connectivity index is 2.15. The predicted octanol–water partition coefficient (Wildman–Crippen LogP) is 3.41. The normalized spacial score (nSPS) is 11.3. The molecule has 0 bridgehead atoms. The van der Waals surface area contributed by atoms with Crippen molar-refractivity contribution in [3.05, 3.63) is 46.3 Å². The number of carbonyl (C=O) groups excluding carboxylic acids is 1. The Morgan fingerprint density at radius 3 is 2.39 bits per heavy atom. The van der Waals surface area contributed by atoms with Crippen molar-refractivity contribution in [2.45, 2.75) is 13.5 Å². The minimum Gasteiger partial charge on any atom is -0.493 e. The third-order valence-electron chi connectivity index (χ3n) is 4.20. The summed E-state index contributed by atoms with van der Waals surface area (Å²) in [5, 5.41) is 0. The lowest BCUT2D eigenvalue weighted by molar-refractivity contribution is 0.0997. The molecule has 3 rings (SSSR count). The third-order valence-corrected chi connectivity index (χ3v) is 5.24. The summed E-state index contributed by atoms with van der Waals surface area (Å²) in [6.45, 7) is 2.34. The molecule has 0 radical (unpaired) electrons. The van der Waals surface area contributed by atoms with E-state index in [9.17, 15) is 4.79 Å². The summed E-state index contributed by atoms with van der Waals surface area (Å²) in [5.74, 6) is 3.40. The molecule has 0 atom stereocenters. The molecule has 28 heavy (non-hydrogen) atoms. The molecule has 0 aliphatic heterocycles. The van der Waals surface area contributed by atoms with Crippen LogP contribution in [0.15, 0.2) is 35.3 Å². The van der Waals surface area contributed by atoms with E-state index in [1.54, 1.807) is 12.1 Å². The largest absolute Gasteiger partial charge is 0.493 e. The number of thiazole rings is 1. The molecule has 0 aliphatic rings. The number of terminal acetylenes is 1. The van der Waals surface area contributed by atoms with Crippen LogP contribution in [0.3, 0.4) is 0 Å². The zero-order valence-electron chi connectivity index (χ0n) is 16.1. The Kier molecular flexibility index (Phi) is 5.71. The second kappa shape index (κ2) is 8.19. The number of ether oxygens (including phenoxy) is 3. The number of rotatable bonds is 5. The average Bonchev–Trinajstić information content (AvgIpc) is 3.02. The monoisotopic (exact) mass is 396 g/mol. The third kappa shape index (κ3) is 3.59. The van der Waals surface area contributed by atoms with Crippen LogP contribution >= 0.6 is 11.3 Å². The standard InChI is InChI=1S/C21H20N2O4S/c1-6-9-23-15-8-7-13(2)10-18(15)28-21(23)22-20(24)14-11-16(25-3)19(27-5)17(12-14)26-4/h1,7-8,10-12H,9H2,2-5H3. The van der Waals surface area contributed by atoms with Crippen molar-refractivity contribution in [1.82, 2.24) is 4.57 Å². The van der Waals surface area contributed by atoms with E-state index in [4.69, 9.17) is 20.6 Å². The molecular weight excluding hydrogens is 376 g/mol. The maximum atomic E-state index is 12.9. The van der Waals surface area contributed by atoms with E-state index in [0.717, 1.165) is 15.8 Å². The van der Waals surface area contributed by atoms with Crippen LogP contribution in [0.1, 0.15) is 15.9 Å². The number of benzene rings is 2. The van der Waals surface area contributed by atoms with Crippen molar-refractivity contribution in [2.75, 3.05) is 21.3 Å². The van der Waals surface area contributed by atoms with Gasteiger partial charge in [0.15, 0.2) is 16.3 Å². The SMILES string of the molecule is C#CCn1c(=NC(=O)c2cc(OC)c(OC)c(OC)c2)sc2cc(C)ccc21. The van der Waals surface area contributed by atoms with E-state index < -0.39 is 5.91 Å². The van der Waals surface area contributed by atoms with Crippen LogP contribution in [0.4, 0.5) is 0 Å². The molecular formula is C21H20N2O4S. The fraction of sp³-hybridized carbons (Fsp3) is 0.238. The number of fused-ring (bicyclic) bond motifs is 1. The van der Waals surface area contributed by atoms with E-state index >= 15 is 0 Å². The molecule has 144 valence electrons. The minimum atomic E-state index is -0.423. The molecule has 0 saturated carbocycles. The van der Waals surface area contributed by atoms with E-state index in [0.29, 0.717) is 34.2 Å². The number of hydrogen-bond donors (Lipinski definition) is 0. The van der Waals surface area contributed by atoms with Gasteiger partial charge in [-0.05, 0) is 36.8 Å². The van der Waals surface area contributed by atoms with Crippen LogP contribution in [0.25, 0.3) is 10.2 Å². The van der Waals surface area contributed by atoms with Gasteiger partial charge in [-0.3, -0.25) is 4.79 Å². The summed E-state index contributed by atoms with van der Waals surface area (Å²) in [4.78, 5) is 17.7. The Morgan fingerprint density at radius 1 is 1.14 bits per heavy atom. The minimum absolute atomic E-state index is 0.324. The molecule has 1 heterocycles. The van der Waals surface area contributed by atoms with Gasteiger partial charge >= 0.3 is 0 Å². The Labute approximate surface area is 167 Å². The van der Waals surface area contributed by atoms with Crippen molar-refractivity contribution < 1.29 is 19.0 Å².